The van der Waals surface area contributed by atoms with Crippen LogP contribution in [0.5, 0.6) is 0 Å². The number of rotatable bonds is 3. The van der Waals surface area contributed by atoms with Crippen molar-refractivity contribution < 1.29 is 0 Å². The third kappa shape index (κ3) is 4.08. The average molecular weight is 370 g/mol. The van der Waals surface area contributed by atoms with Crippen molar-refractivity contribution in [2.75, 3.05) is 0 Å². The highest BCUT2D eigenvalue weighted by Crippen LogP contribution is 2.19. The lowest BCUT2D eigenvalue weighted by molar-refractivity contribution is 1.43. The molecule has 0 aliphatic carbocycles. The van der Waals surface area contributed by atoms with Crippen LogP contribution in [0.3, 0.4) is 0 Å². The predicted molar refractivity (Wildman–Crippen MR) is 88.6 cm³/mol. The summed E-state index contributed by atoms with van der Waals surface area (Å²) in [5.74, 6) is 0.936. The van der Waals surface area contributed by atoms with Crippen LogP contribution in [0.1, 0.15) is 11.1 Å². The van der Waals surface area contributed by atoms with Gasteiger partial charge in [-0.05, 0) is 45.9 Å². The number of benzene rings is 2. The summed E-state index contributed by atoms with van der Waals surface area (Å²) in [6, 6.07) is 18.8. The van der Waals surface area contributed by atoms with Gasteiger partial charge in [-0.15, -0.1) is 11.8 Å². The zero-order valence-corrected chi connectivity index (χ0v) is 12.9. The third-order valence-electron chi connectivity index (χ3n) is 2.29. The maximum absolute atomic E-state index is 5.42. The van der Waals surface area contributed by atoms with Gasteiger partial charge in [-0.1, -0.05) is 54.7 Å². The molecule has 0 aliphatic heterocycles. The molecule has 0 unspecified atom stereocenters. The van der Waals surface area contributed by atoms with E-state index in [-0.39, 0.29) is 0 Å². The molecule has 0 fully saturated rings. The summed E-state index contributed by atoms with van der Waals surface area (Å²) in [6.07, 6.45) is 0. The molecule has 0 heterocycles. The first kappa shape index (κ1) is 13.1. The molecule has 0 saturated heterocycles. The van der Waals surface area contributed by atoms with E-state index in [1.807, 2.05) is 6.07 Å². The zero-order chi connectivity index (χ0) is 12.1. The maximum Gasteiger partial charge on any atom is 0.0781 e. The summed E-state index contributed by atoms with van der Waals surface area (Å²) in [6.45, 7) is 0. The first-order valence-corrected chi connectivity index (χ1v) is 7.69. The van der Waals surface area contributed by atoms with Gasteiger partial charge in [0.05, 0.1) is 4.20 Å². The van der Waals surface area contributed by atoms with E-state index in [1.54, 1.807) is 11.8 Å². The van der Waals surface area contributed by atoms with Crippen LogP contribution in [0.4, 0.5) is 0 Å². The van der Waals surface area contributed by atoms with Gasteiger partial charge in [0.15, 0.2) is 0 Å². The molecule has 0 amide bonds. The van der Waals surface area contributed by atoms with Crippen molar-refractivity contribution in [2.24, 2.45) is 0 Å². The van der Waals surface area contributed by atoms with Gasteiger partial charge in [0.1, 0.15) is 0 Å². The Bertz CT molecular complexity index is 491. The fourth-order valence-corrected chi connectivity index (χ4v) is 2.86. The predicted octanol–water partition coefficient (Wildman–Crippen LogP) is 4.90. The van der Waals surface area contributed by atoms with Crippen molar-refractivity contribution in [1.82, 2.24) is 0 Å². The minimum atomic E-state index is 0.936. The van der Waals surface area contributed by atoms with Crippen molar-refractivity contribution in [1.29, 1.82) is 0 Å². The van der Waals surface area contributed by atoms with Crippen molar-refractivity contribution in [3.8, 4) is 0 Å². The van der Waals surface area contributed by atoms with E-state index in [2.05, 4.69) is 71.1 Å². The number of halogens is 1. The lowest BCUT2D eigenvalue weighted by Gasteiger charge is -2.04. The smallest absolute Gasteiger partial charge is 0.0781 e. The Balaban J connectivity index is 1.96. The largest absolute Gasteiger partial charge is 0.109 e. The molecular formula is C14H11IS2. The second-order valence-electron chi connectivity index (χ2n) is 3.57. The Kier molecular flexibility index (Phi) is 5.00. The summed E-state index contributed by atoms with van der Waals surface area (Å²) in [5, 5.41) is 0. The van der Waals surface area contributed by atoms with E-state index in [0.717, 1.165) is 15.5 Å². The SMILES string of the molecule is S=C(SCc1ccccc1)c1ccc(I)cc1. The molecule has 0 atom stereocenters. The Hall–Kier alpha value is -0.390. The molecule has 17 heavy (non-hydrogen) atoms. The second-order valence-corrected chi connectivity index (χ2v) is 6.47. The van der Waals surface area contributed by atoms with E-state index < -0.39 is 0 Å². The fraction of sp³-hybridized carbons (Fsp3) is 0.0714. The van der Waals surface area contributed by atoms with E-state index >= 15 is 0 Å². The molecule has 0 nitrogen and oxygen atoms in total. The summed E-state index contributed by atoms with van der Waals surface area (Å²) in [7, 11) is 0. The Morgan fingerprint density at radius 3 is 2.29 bits per heavy atom. The van der Waals surface area contributed by atoms with Crippen molar-refractivity contribution in [2.45, 2.75) is 5.75 Å². The van der Waals surface area contributed by atoms with Crippen LogP contribution in [0, 0.1) is 3.57 Å². The van der Waals surface area contributed by atoms with Crippen molar-refractivity contribution in [3.63, 3.8) is 0 Å². The Labute approximate surface area is 125 Å². The van der Waals surface area contributed by atoms with Gasteiger partial charge in [0, 0.05) is 9.32 Å². The van der Waals surface area contributed by atoms with Gasteiger partial charge >= 0.3 is 0 Å². The normalized spacial score (nSPS) is 10.2. The number of hydrogen-bond donors (Lipinski definition) is 0. The van der Waals surface area contributed by atoms with Crippen LogP contribution >= 0.6 is 46.6 Å². The van der Waals surface area contributed by atoms with E-state index in [4.69, 9.17) is 12.2 Å². The third-order valence-corrected chi connectivity index (χ3v) is 4.58. The lowest BCUT2D eigenvalue weighted by Crippen LogP contribution is -1.92. The molecule has 0 bridgehead atoms. The number of thioether (sulfide) groups is 1. The molecular weight excluding hydrogens is 359 g/mol. The molecule has 3 heteroatoms. The summed E-state index contributed by atoms with van der Waals surface area (Å²) < 4.78 is 2.20. The summed E-state index contributed by atoms with van der Waals surface area (Å²) in [5.41, 5.74) is 2.45. The quantitative estimate of drug-likeness (QED) is 0.557. The molecule has 0 aromatic heterocycles. The van der Waals surface area contributed by atoms with Crippen molar-refractivity contribution >= 4 is 50.8 Å². The van der Waals surface area contributed by atoms with Gasteiger partial charge in [0.2, 0.25) is 0 Å². The summed E-state index contributed by atoms with van der Waals surface area (Å²) >= 11 is 9.44. The fourth-order valence-electron chi connectivity index (χ4n) is 1.39. The molecule has 0 radical (unpaired) electrons. The lowest BCUT2D eigenvalue weighted by atomic mass is 10.2. The molecule has 0 aliphatic rings. The van der Waals surface area contributed by atoms with Crippen LogP contribution in [-0.2, 0) is 5.75 Å². The molecule has 2 aromatic carbocycles. The van der Waals surface area contributed by atoms with Gasteiger partial charge in [-0.3, -0.25) is 0 Å². The van der Waals surface area contributed by atoms with Crippen LogP contribution in [0.25, 0.3) is 0 Å². The monoisotopic (exact) mass is 370 g/mol. The Morgan fingerprint density at radius 1 is 1.00 bits per heavy atom. The zero-order valence-electron chi connectivity index (χ0n) is 9.10. The van der Waals surface area contributed by atoms with Crippen LogP contribution < -0.4 is 0 Å². The van der Waals surface area contributed by atoms with Crippen LogP contribution in [-0.4, -0.2) is 4.20 Å². The topological polar surface area (TPSA) is 0 Å². The average Bonchev–Trinajstić information content (AvgIpc) is 2.38. The molecule has 0 spiro atoms. The molecule has 2 aromatic rings. The van der Waals surface area contributed by atoms with E-state index in [9.17, 15) is 0 Å². The highest BCUT2D eigenvalue weighted by molar-refractivity contribution is 14.1. The maximum atomic E-state index is 5.42. The van der Waals surface area contributed by atoms with Crippen molar-refractivity contribution in [3.05, 3.63) is 69.3 Å². The van der Waals surface area contributed by atoms with Gasteiger partial charge < -0.3 is 0 Å². The molecule has 86 valence electrons. The van der Waals surface area contributed by atoms with Gasteiger partial charge in [0.25, 0.3) is 0 Å². The standard InChI is InChI=1S/C14H11IS2/c15-13-8-6-12(7-9-13)14(16)17-10-11-4-2-1-3-5-11/h1-9H,10H2. The van der Waals surface area contributed by atoms with Gasteiger partial charge in [-0.2, -0.15) is 0 Å². The first-order valence-electron chi connectivity index (χ1n) is 5.22. The first-order chi connectivity index (χ1) is 8.25. The molecule has 0 N–H and O–H groups in total. The van der Waals surface area contributed by atoms with Crippen LogP contribution in [0.2, 0.25) is 0 Å². The highest BCUT2D eigenvalue weighted by atomic mass is 127. The molecule has 0 saturated carbocycles. The number of hydrogen-bond acceptors (Lipinski definition) is 2. The molecule has 2 rings (SSSR count). The summed E-state index contributed by atoms with van der Waals surface area (Å²) in [4.78, 5) is 0. The minimum Gasteiger partial charge on any atom is -0.109 e. The Morgan fingerprint density at radius 2 is 1.65 bits per heavy atom. The van der Waals surface area contributed by atoms with E-state index in [1.165, 1.54) is 9.13 Å². The van der Waals surface area contributed by atoms with Crippen LogP contribution in [0.15, 0.2) is 54.6 Å². The second kappa shape index (κ2) is 6.52. The van der Waals surface area contributed by atoms with E-state index in [0.29, 0.717) is 0 Å². The highest BCUT2D eigenvalue weighted by Gasteiger charge is 2.02. The van der Waals surface area contributed by atoms with Gasteiger partial charge in [-0.25, -0.2) is 0 Å². The number of thiocarbonyl (C=S) groups is 1. The minimum absolute atomic E-state index is 0.936.